The number of alkyl halides is 3. The number of nitrogens with zero attached hydrogens (tertiary/aromatic N) is 2. The number of hydrogen-bond acceptors (Lipinski definition) is 3. The molecule has 9 heteroatoms. The van der Waals surface area contributed by atoms with E-state index in [2.05, 4.69) is 10.4 Å². The molecule has 0 radical (unpaired) electrons. The van der Waals surface area contributed by atoms with Crippen LogP contribution < -0.4 is 10.9 Å². The van der Waals surface area contributed by atoms with Crippen molar-refractivity contribution in [3.05, 3.63) is 45.6 Å². The summed E-state index contributed by atoms with van der Waals surface area (Å²) in [5.74, 6) is -0.638. The molecule has 2 heterocycles. The van der Waals surface area contributed by atoms with Gasteiger partial charge in [-0.15, -0.1) is 0 Å². The molecule has 1 atom stereocenters. The number of rotatable bonds is 3. The molecule has 6 nitrogen and oxygen atoms in total. The number of pyridine rings is 1. The third-order valence-corrected chi connectivity index (χ3v) is 3.28. The second-order valence-electron chi connectivity index (χ2n) is 5.17. The molecule has 0 aliphatic carbocycles. The zero-order chi connectivity index (χ0) is 17.4. The van der Waals surface area contributed by atoms with Gasteiger partial charge >= 0.3 is 6.18 Å². The number of aromatic amines is 1. The van der Waals surface area contributed by atoms with Crippen molar-refractivity contribution in [1.82, 2.24) is 14.8 Å². The normalized spacial score (nSPS) is 13.0. The summed E-state index contributed by atoms with van der Waals surface area (Å²) in [5, 5.41) is 6.36. The largest absolute Gasteiger partial charge is 0.417 e. The Labute approximate surface area is 129 Å². The zero-order valence-corrected chi connectivity index (χ0v) is 12.7. The number of aryl methyl sites for hydroxylation is 2. The molecular formula is C14H15F3N4O2. The Hall–Kier alpha value is -2.58. The Morgan fingerprint density at radius 2 is 2.00 bits per heavy atom. The van der Waals surface area contributed by atoms with Crippen molar-refractivity contribution in [2.75, 3.05) is 5.32 Å². The van der Waals surface area contributed by atoms with Crippen LogP contribution in [0.5, 0.6) is 0 Å². The lowest BCUT2D eigenvalue weighted by molar-refractivity contribution is -0.137. The zero-order valence-electron chi connectivity index (χ0n) is 12.7. The van der Waals surface area contributed by atoms with Crippen molar-refractivity contribution in [1.29, 1.82) is 0 Å². The maximum absolute atomic E-state index is 12.7. The highest BCUT2D eigenvalue weighted by molar-refractivity contribution is 5.93. The first-order valence-corrected chi connectivity index (χ1v) is 6.73. The first kappa shape index (κ1) is 16.8. The lowest BCUT2D eigenvalue weighted by Crippen LogP contribution is -2.28. The first-order chi connectivity index (χ1) is 10.6. The minimum Gasteiger partial charge on any atom is -0.327 e. The average Bonchev–Trinajstić information content (AvgIpc) is 2.77. The van der Waals surface area contributed by atoms with E-state index < -0.39 is 34.9 Å². The van der Waals surface area contributed by atoms with E-state index in [1.165, 1.54) is 11.6 Å². The van der Waals surface area contributed by atoms with Crippen LogP contribution in [0.15, 0.2) is 23.1 Å². The van der Waals surface area contributed by atoms with E-state index in [0.29, 0.717) is 18.0 Å². The Morgan fingerprint density at radius 1 is 1.35 bits per heavy atom. The van der Waals surface area contributed by atoms with Crippen molar-refractivity contribution in [2.24, 2.45) is 0 Å². The number of carbonyl (C=O) groups is 1. The van der Waals surface area contributed by atoms with Gasteiger partial charge < -0.3 is 10.3 Å². The Balaban J connectivity index is 2.26. The van der Waals surface area contributed by atoms with Crippen LogP contribution in [-0.2, 0) is 11.0 Å². The summed E-state index contributed by atoms with van der Waals surface area (Å²) >= 11 is 0. The molecule has 2 aromatic heterocycles. The summed E-state index contributed by atoms with van der Waals surface area (Å²) < 4.78 is 39.4. The Kier molecular flexibility index (Phi) is 4.31. The van der Waals surface area contributed by atoms with Crippen LogP contribution in [0.2, 0.25) is 0 Å². The lowest BCUT2D eigenvalue weighted by atomic mass is 10.2. The van der Waals surface area contributed by atoms with Crippen molar-refractivity contribution >= 4 is 11.6 Å². The third-order valence-electron chi connectivity index (χ3n) is 3.28. The lowest BCUT2D eigenvalue weighted by Gasteiger charge is -2.15. The number of carbonyl (C=O) groups excluding carboxylic acids is 1. The third kappa shape index (κ3) is 3.61. The molecule has 0 bridgehead atoms. The molecule has 2 rings (SSSR count). The van der Waals surface area contributed by atoms with Crippen LogP contribution in [0.25, 0.3) is 0 Å². The van der Waals surface area contributed by atoms with E-state index in [0.717, 1.165) is 5.69 Å². The van der Waals surface area contributed by atoms with Gasteiger partial charge in [0.05, 0.1) is 11.3 Å². The maximum atomic E-state index is 12.7. The molecule has 0 fully saturated rings. The van der Waals surface area contributed by atoms with Gasteiger partial charge in [0, 0.05) is 11.9 Å². The highest BCUT2D eigenvalue weighted by Crippen LogP contribution is 2.29. The van der Waals surface area contributed by atoms with Gasteiger partial charge in [0.25, 0.3) is 5.56 Å². The molecule has 0 aromatic carbocycles. The van der Waals surface area contributed by atoms with Crippen LogP contribution in [0, 0.1) is 13.8 Å². The number of amides is 1. The predicted octanol–water partition coefficient (Wildman–Crippen LogP) is 2.41. The molecule has 0 aliphatic rings. The average molecular weight is 328 g/mol. The van der Waals surface area contributed by atoms with Crippen molar-refractivity contribution in [3.63, 3.8) is 0 Å². The fourth-order valence-corrected chi connectivity index (χ4v) is 2.13. The molecule has 0 saturated carbocycles. The monoisotopic (exact) mass is 328 g/mol. The van der Waals surface area contributed by atoms with E-state index in [4.69, 9.17) is 0 Å². The van der Waals surface area contributed by atoms with Crippen LogP contribution in [0.3, 0.4) is 0 Å². The molecule has 2 aromatic rings. The smallest absolute Gasteiger partial charge is 0.327 e. The second kappa shape index (κ2) is 5.90. The molecule has 1 unspecified atom stereocenters. The van der Waals surface area contributed by atoms with Gasteiger partial charge in [0.15, 0.2) is 0 Å². The Bertz CT molecular complexity index is 792. The summed E-state index contributed by atoms with van der Waals surface area (Å²) in [7, 11) is 0. The molecule has 23 heavy (non-hydrogen) atoms. The quantitative estimate of drug-likeness (QED) is 0.908. The van der Waals surface area contributed by atoms with E-state index in [1.807, 2.05) is 4.98 Å². The standard InChI is InChI=1S/C14H15F3N4O2/c1-7-4-8(2)21(20-7)9(3)12(22)19-11-5-10(14(15,16)17)6-18-13(11)23/h4-6,9H,1-3H3,(H,18,23)(H,19,22). The van der Waals surface area contributed by atoms with Crippen LogP contribution in [-0.4, -0.2) is 20.7 Å². The molecule has 0 spiro atoms. The number of halogens is 3. The number of anilines is 1. The first-order valence-electron chi connectivity index (χ1n) is 6.73. The topological polar surface area (TPSA) is 79.8 Å². The van der Waals surface area contributed by atoms with Crippen molar-refractivity contribution in [3.8, 4) is 0 Å². The maximum Gasteiger partial charge on any atom is 0.417 e. The summed E-state index contributed by atoms with van der Waals surface area (Å²) in [4.78, 5) is 25.7. The van der Waals surface area contributed by atoms with Crippen molar-refractivity contribution < 1.29 is 18.0 Å². The molecule has 2 N–H and O–H groups in total. The fraction of sp³-hybridized carbons (Fsp3) is 0.357. The molecule has 124 valence electrons. The van der Waals surface area contributed by atoms with Gasteiger partial charge in [-0.25, -0.2) is 0 Å². The number of nitrogens with one attached hydrogen (secondary N) is 2. The van der Waals surface area contributed by atoms with Crippen LogP contribution in [0.4, 0.5) is 18.9 Å². The fourth-order valence-electron chi connectivity index (χ4n) is 2.13. The minimum absolute atomic E-state index is 0.460. The summed E-state index contributed by atoms with van der Waals surface area (Å²) in [6.07, 6.45) is -4.06. The van der Waals surface area contributed by atoms with Gasteiger partial charge in [-0.05, 0) is 32.9 Å². The van der Waals surface area contributed by atoms with Gasteiger partial charge in [-0.3, -0.25) is 14.3 Å². The van der Waals surface area contributed by atoms with Gasteiger partial charge in [-0.2, -0.15) is 18.3 Å². The van der Waals surface area contributed by atoms with Gasteiger partial charge in [-0.1, -0.05) is 0 Å². The molecule has 0 saturated heterocycles. The number of hydrogen-bond donors (Lipinski definition) is 2. The number of aromatic nitrogens is 3. The number of H-pyrrole nitrogens is 1. The molecule has 1 amide bonds. The predicted molar refractivity (Wildman–Crippen MR) is 77.1 cm³/mol. The SMILES string of the molecule is Cc1cc(C)n(C(C)C(=O)Nc2cc(C(F)(F)F)c[nH]c2=O)n1. The van der Waals surface area contributed by atoms with E-state index in [9.17, 15) is 22.8 Å². The van der Waals surface area contributed by atoms with E-state index in [1.54, 1.807) is 19.9 Å². The Morgan fingerprint density at radius 3 is 2.52 bits per heavy atom. The highest BCUT2D eigenvalue weighted by atomic mass is 19.4. The van der Waals surface area contributed by atoms with Gasteiger partial charge in [0.2, 0.25) is 5.91 Å². The van der Waals surface area contributed by atoms with Crippen LogP contribution >= 0.6 is 0 Å². The van der Waals surface area contributed by atoms with E-state index in [-0.39, 0.29) is 0 Å². The summed E-state index contributed by atoms with van der Waals surface area (Å²) in [6, 6.07) is 1.59. The van der Waals surface area contributed by atoms with Gasteiger partial charge in [0.1, 0.15) is 11.7 Å². The van der Waals surface area contributed by atoms with Crippen LogP contribution in [0.1, 0.15) is 29.9 Å². The molecule has 0 aliphatic heterocycles. The van der Waals surface area contributed by atoms with Crippen molar-refractivity contribution in [2.45, 2.75) is 33.0 Å². The summed E-state index contributed by atoms with van der Waals surface area (Å²) in [6.45, 7) is 5.04. The molecular weight excluding hydrogens is 313 g/mol. The van der Waals surface area contributed by atoms with E-state index >= 15 is 0 Å². The summed E-state index contributed by atoms with van der Waals surface area (Å²) in [5.41, 5.74) is -0.890. The highest BCUT2D eigenvalue weighted by Gasteiger charge is 2.31. The minimum atomic E-state index is -4.62. The second-order valence-corrected chi connectivity index (χ2v) is 5.17.